The number of aryl methyl sites for hydroxylation is 1. The number of halogens is 1. The maximum atomic E-state index is 13.2. The second-order valence-corrected chi connectivity index (χ2v) is 6.28. The van der Waals surface area contributed by atoms with E-state index in [1.807, 2.05) is 6.92 Å². The fourth-order valence-corrected chi connectivity index (χ4v) is 2.77. The molecule has 0 saturated carbocycles. The molecule has 22 heavy (non-hydrogen) atoms. The molecule has 0 saturated heterocycles. The van der Waals surface area contributed by atoms with Crippen LogP contribution in [0.1, 0.15) is 5.56 Å². The SMILES string of the molecule is Cc1ccc(S(=O)(=O)N=c2ccc(F)cn2CC(N)=O)cc1. The topological polar surface area (TPSA) is 94.5 Å². The summed E-state index contributed by atoms with van der Waals surface area (Å²) in [7, 11) is -3.97. The van der Waals surface area contributed by atoms with Gasteiger partial charge >= 0.3 is 0 Å². The van der Waals surface area contributed by atoms with E-state index in [1.165, 1.54) is 18.2 Å². The molecule has 1 aromatic carbocycles. The lowest BCUT2D eigenvalue weighted by molar-refractivity contribution is -0.118. The first kappa shape index (κ1) is 15.9. The van der Waals surface area contributed by atoms with Gasteiger partial charge in [-0.05, 0) is 31.2 Å². The Bertz CT molecular complexity index is 871. The van der Waals surface area contributed by atoms with Crippen molar-refractivity contribution >= 4 is 15.9 Å². The number of primary amides is 1. The maximum absolute atomic E-state index is 13.2. The highest BCUT2D eigenvalue weighted by Crippen LogP contribution is 2.12. The van der Waals surface area contributed by atoms with Gasteiger partial charge in [-0.15, -0.1) is 4.40 Å². The maximum Gasteiger partial charge on any atom is 0.284 e. The molecule has 0 fully saturated rings. The van der Waals surface area contributed by atoms with Crippen LogP contribution in [0.2, 0.25) is 0 Å². The number of nitrogens with two attached hydrogens (primary N) is 1. The Labute approximate surface area is 126 Å². The van der Waals surface area contributed by atoms with E-state index < -0.39 is 21.7 Å². The average Bonchev–Trinajstić information content (AvgIpc) is 2.41. The molecule has 0 atom stereocenters. The molecular formula is C14H14FN3O3S. The summed E-state index contributed by atoms with van der Waals surface area (Å²) >= 11 is 0. The molecule has 0 unspecified atom stereocenters. The van der Waals surface area contributed by atoms with E-state index in [4.69, 9.17) is 5.73 Å². The number of amides is 1. The van der Waals surface area contributed by atoms with Crippen molar-refractivity contribution < 1.29 is 17.6 Å². The lowest BCUT2D eigenvalue weighted by atomic mass is 10.2. The molecule has 0 aliphatic heterocycles. The summed E-state index contributed by atoms with van der Waals surface area (Å²) in [4.78, 5) is 11.0. The Hall–Kier alpha value is -2.48. The molecule has 0 aliphatic carbocycles. The number of sulfonamides is 1. The van der Waals surface area contributed by atoms with Crippen LogP contribution in [0.25, 0.3) is 0 Å². The van der Waals surface area contributed by atoms with E-state index >= 15 is 0 Å². The predicted molar refractivity (Wildman–Crippen MR) is 77.5 cm³/mol. The van der Waals surface area contributed by atoms with Crippen molar-refractivity contribution in [2.24, 2.45) is 10.1 Å². The fourth-order valence-electron chi connectivity index (χ4n) is 1.77. The fraction of sp³-hybridized carbons (Fsp3) is 0.143. The molecule has 6 nitrogen and oxygen atoms in total. The smallest absolute Gasteiger partial charge is 0.284 e. The zero-order valence-corrected chi connectivity index (χ0v) is 12.5. The van der Waals surface area contributed by atoms with Crippen LogP contribution in [0.4, 0.5) is 4.39 Å². The largest absolute Gasteiger partial charge is 0.368 e. The van der Waals surface area contributed by atoms with Crippen LogP contribution in [0.3, 0.4) is 0 Å². The van der Waals surface area contributed by atoms with Gasteiger partial charge < -0.3 is 10.3 Å². The number of aromatic nitrogens is 1. The Morgan fingerprint density at radius 1 is 1.23 bits per heavy atom. The Kier molecular flexibility index (Phi) is 4.41. The molecule has 0 spiro atoms. The van der Waals surface area contributed by atoms with Crippen molar-refractivity contribution in [1.29, 1.82) is 0 Å². The third kappa shape index (κ3) is 3.79. The number of benzene rings is 1. The molecule has 2 aromatic rings. The van der Waals surface area contributed by atoms with Gasteiger partial charge in [0.1, 0.15) is 17.8 Å². The number of hydrogen-bond donors (Lipinski definition) is 1. The molecule has 1 amide bonds. The number of rotatable bonds is 4. The van der Waals surface area contributed by atoms with Crippen LogP contribution in [-0.4, -0.2) is 18.9 Å². The minimum absolute atomic E-state index is 0.00745. The van der Waals surface area contributed by atoms with Gasteiger partial charge in [0.05, 0.1) is 4.90 Å². The molecule has 1 heterocycles. The summed E-state index contributed by atoms with van der Waals surface area (Å²) in [5.41, 5.74) is 5.89. The molecule has 116 valence electrons. The van der Waals surface area contributed by atoms with Gasteiger partial charge in [0.2, 0.25) is 5.91 Å². The van der Waals surface area contributed by atoms with Crippen LogP contribution in [0, 0.1) is 12.7 Å². The van der Waals surface area contributed by atoms with Crippen LogP contribution in [0.5, 0.6) is 0 Å². The summed E-state index contributed by atoms with van der Waals surface area (Å²) in [6, 6.07) is 8.37. The van der Waals surface area contributed by atoms with Crippen molar-refractivity contribution in [2.75, 3.05) is 0 Å². The molecule has 0 radical (unpaired) electrons. The second-order valence-electron chi connectivity index (χ2n) is 4.68. The predicted octanol–water partition coefficient (Wildman–Crippen LogP) is 0.711. The first-order valence-electron chi connectivity index (χ1n) is 6.30. The normalized spacial score (nSPS) is 12.4. The molecular weight excluding hydrogens is 309 g/mol. The second kappa shape index (κ2) is 6.10. The summed E-state index contributed by atoms with van der Waals surface area (Å²) in [5.74, 6) is -1.37. The standard InChI is InChI=1S/C14H14FN3O3S/c1-10-2-5-12(6-3-10)22(20,21)17-14-7-4-11(15)8-18(14)9-13(16)19/h2-8H,9H2,1H3,(H2,16,19). The van der Waals surface area contributed by atoms with Crippen LogP contribution in [-0.2, 0) is 21.4 Å². The first-order chi connectivity index (χ1) is 10.3. The van der Waals surface area contributed by atoms with E-state index in [0.29, 0.717) is 0 Å². The van der Waals surface area contributed by atoms with Gasteiger partial charge in [-0.1, -0.05) is 17.7 Å². The summed E-state index contributed by atoms with van der Waals surface area (Å²) < 4.78 is 42.4. The quantitative estimate of drug-likeness (QED) is 0.898. The van der Waals surface area contributed by atoms with Crippen LogP contribution in [0.15, 0.2) is 51.9 Å². The molecule has 8 heteroatoms. The molecule has 0 bridgehead atoms. The van der Waals surface area contributed by atoms with Crippen LogP contribution >= 0.6 is 0 Å². The monoisotopic (exact) mass is 323 g/mol. The minimum Gasteiger partial charge on any atom is -0.368 e. The van der Waals surface area contributed by atoms with Gasteiger partial charge in [0.15, 0.2) is 0 Å². The summed E-state index contributed by atoms with van der Waals surface area (Å²) in [6.07, 6.45) is 0.967. The van der Waals surface area contributed by atoms with Crippen molar-refractivity contribution in [2.45, 2.75) is 18.4 Å². The van der Waals surface area contributed by atoms with Gasteiger partial charge in [0.25, 0.3) is 10.0 Å². The average molecular weight is 323 g/mol. The van der Waals surface area contributed by atoms with E-state index in [9.17, 15) is 17.6 Å². The molecule has 2 rings (SSSR count). The lowest BCUT2D eigenvalue weighted by Crippen LogP contribution is -2.29. The Morgan fingerprint density at radius 2 is 1.86 bits per heavy atom. The molecule has 1 aromatic heterocycles. The number of nitrogens with zero attached hydrogens (tertiary/aromatic N) is 2. The van der Waals surface area contributed by atoms with Gasteiger partial charge in [-0.3, -0.25) is 4.79 Å². The Morgan fingerprint density at radius 3 is 2.45 bits per heavy atom. The van der Waals surface area contributed by atoms with Gasteiger partial charge in [-0.25, -0.2) is 4.39 Å². The van der Waals surface area contributed by atoms with Crippen molar-refractivity contribution in [1.82, 2.24) is 4.57 Å². The van der Waals surface area contributed by atoms with E-state index in [-0.39, 0.29) is 16.9 Å². The van der Waals surface area contributed by atoms with E-state index in [2.05, 4.69) is 4.40 Å². The van der Waals surface area contributed by atoms with E-state index in [1.54, 1.807) is 12.1 Å². The number of pyridine rings is 1. The third-order valence-electron chi connectivity index (χ3n) is 2.82. The summed E-state index contributed by atoms with van der Waals surface area (Å²) in [5, 5.41) is 0. The van der Waals surface area contributed by atoms with Crippen LogP contribution < -0.4 is 11.2 Å². The van der Waals surface area contributed by atoms with E-state index in [0.717, 1.165) is 22.4 Å². The zero-order valence-electron chi connectivity index (χ0n) is 11.7. The lowest BCUT2D eigenvalue weighted by Gasteiger charge is -2.05. The highest BCUT2D eigenvalue weighted by Gasteiger charge is 2.12. The number of hydrogen-bond acceptors (Lipinski definition) is 3. The first-order valence-corrected chi connectivity index (χ1v) is 7.74. The van der Waals surface area contributed by atoms with Crippen molar-refractivity contribution in [3.8, 4) is 0 Å². The minimum atomic E-state index is -3.97. The zero-order chi connectivity index (χ0) is 16.3. The third-order valence-corrected chi connectivity index (χ3v) is 4.12. The van der Waals surface area contributed by atoms with Crippen molar-refractivity contribution in [3.63, 3.8) is 0 Å². The Balaban J connectivity index is 2.56. The highest BCUT2D eigenvalue weighted by atomic mass is 32.2. The number of carbonyl (C=O) groups is 1. The highest BCUT2D eigenvalue weighted by molar-refractivity contribution is 7.90. The molecule has 0 aliphatic rings. The van der Waals surface area contributed by atoms with Crippen molar-refractivity contribution in [3.05, 3.63) is 59.5 Å². The summed E-state index contributed by atoms with van der Waals surface area (Å²) in [6.45, 7) is 1.45. The molecule has 2 N–H and O–H groups in total. The van der Waals surface area contributed by atoms with Gasteiger partial charge in [-0.2, -0.15) is 8.42 Å². The van der Waals surface area contributed by atoms with Gasteiger partial charge in [0, 0.05) is 6.20 Å². The number of carbonyl (C=O) groups excluding carboxylic acids is 1.